The van der Waals surface area contributed by atoms with Crippen LogP contribution in [0.25, 0.3) is 0 Å². The van der Waals surface area contributed by atoms with Crippen LogP contribution in [0.5, 0.6) is 0 Å². The Labute approximate surface area is 223 Å². The molecular formula is C29H37N3O6. The van der Waals surface area contributed by atoms with Crippen LogP contribution in [0.2, 0.25) is 0 Å². The molecule has 204 valence electrons. The fourth-order valence-electron chi connectivity index (χ4n) is 4.14. The summed E-state index contributed by atoms with van der Waals surface area (Å²) < 4.78 is 15.6. The number of alkyl carbamates (subject to hydrolysis) is 1. The van der Waals surface area contributed by atoms with Crippen LogP contribution in [0.15, 0.2) is 71.3 Å². The molecular weight excluding hydrogens is 486 g/mol. The first-order valence-electron chi connectivity index (χ1n) is 12.8. The summed E-state index contributed by atoms with van der Waals surface area (Å²) >= 11 is 0. The Morgan fingerprint density at radius 2 is 1.68 bits per heavy atom. The van der Waals surface area contributed by atoms with Gasteiger partial charge in [0.1, 0.15) is 12.9 Å². The van der Waals surface area contributed by atoms with E-state index in [0.717, 1.165) is 17.5 Å². The van der Waals surface area contributed by atoms with E-state index in [-0.39, 0.29) is 24.4 Å². The van der Waals surface area contributed by atoms with Gasteiger partial charge in [0.05, 0.1) is 13.2 Å². The summed E-state index contributed by atoms with van der Waals surface area (Å²) in [6.07, 6.45) is 1.47. The molecule has 3 N–H and O–H groups in total. The number of oxazole rings is 1. The third kappa shape index (κ3) is 9.64. The topological polar surface area (TPSA) is 123 Å². The van der Waals surface area contributed by atoms with Crippen LogP contribution in [0.3, 0.4) is 0 Å². The highest BCUT2D eigenvalue weighted by Gasteiger charge is 2.23. The van der Waals surface area contributed by atoms with E-state index in [4.69, 9.17) is 13.9 Å². The van der Waals surface area contributed by atoms with Gasteiger partial charge in [-0.05, 0) is 29.9 Å². The Morgan fingerprint density at radius 3 is 2.34 bits per heavy atom. The number of ether oxygens (including phenoxy) is 2. The molecule has 0 aliphatic carbocycles. The number of carbonyl (C=O) groups is 2. The lowest BCUT2D eigenvalue weighted by molar-refractivity contribution is 0.0593. The maximum absolute atomic E-state index is 12.5. The number of hydrogen-bond donors (Lipinski definition) is 3. The average Bonchev–Trinajstić information content (AvgIpc) is 3.39. The van der Waals surface area contributed by atoms with E-state index in [2.05, 4.69) is 29.5 Å². The van der Waals surface area contributed by atoms with Crippen molar-refractivity contribution in [2.24, 2.45) is 5.92 Å². The molecule has 0 aliphatic rings. The zero-order chi connectivity index (χ0) is 27.3. The number of rotatable bonds is 14. The van der Waals surface area contributed by atoms with E-state index in [1.807, 2.05) is 60.7 Å². The van der Waals surface area contributed by atoms with Gasteiger partial charge >= 0.3 is 12.1 Å². The zero-order valence-electron chi connectivity index (χ0n) is 22.1. The summed E-state index contributed by atoms with van der Waals surface area (Å²) in [6, 6.07) is 18.4. The maximum atomic E-state index is 12.5. The average molecular weight is 524 g/mol. The molecule has 9 heteroatoms. The van der Waals surface area contributed by atoms with Gasteiger partial charge in [-0.2, -0.15) is 0 Å². The summed E-state index contributed by atoms with van der Waals surface area (Å²) in [6.45, 7) is 4.80. The number of amides is 1. The predicted molar refractivity (Wildman–Crippen MR) is 142 cm³/mol. The summed E-state index contributed by atoms with van der Waals surface area (Å²) in [5.41, 5.74) is 1.79. The highest BCUT2D eigenvalue weighted by molar-refractivity contribution is 5.86. The van der Waals surface area contributed by atoms with Gasteiger partial charge in [0.2, 0.25) is 0 Å². The smallest absolute Gasteiger partial charge is 0.407 e. The van der Waals surface area contributed by atoms with Crippen LogP contribution < -0.4 is 10.6 Å². The van der Waals surface area contributed by atoms with Crippen LogP contribution >= 0.6 is 0 Å². The minimum absolute atomic E-state index is 0.0883. The number of benzene rings is 2. The van der Waals surface area contributed by atoms with Crippen molar-refractivity contribution in [1.29, 1.82) is 0 Å². The lowest BCUT2D eigenvalue weighted by Crippen LogP contribution is -2.46. The van der Waals surface area contributed by atoms with Gasteiger partial charge in [-0.25, -0.2) is 14.6 Å². The third-order valence-electron chi connectivity index (χ3n) is 6.00. The molecule has 1 amide bonds. The Balaban J connectivity index is 1.65. The molecule has 9 nitrogen and oxygen atoms in total. The molecule has 0 saturated carbocycles. The second kappa shape index (κ2) is 14.9. The number of carbonyl (C=O) groups excluding carboxylic acids is 2. The minimum Gasteiger partial charge on any atom is -0.464 e. The van der Waals surface area contributed by atoms with E-state index >= 15 is 0 Å². The molecule has 3 unspecified atom stereocenters. The van der Waals surface area contributed by atoms with Crippen LogP contribution in [0, 0.1) is 5.92 Å². The van der Waals surface area contributed by atoms with Crippen molar-refractivity contribution in [2.75, 3.05) is 13.7 Å². The SMILES string of the molecule is COC(=O)c1coc(CC(CC(O)c2ccccc2)NCC(CC(C)C)NC(=O)OCc2ccccc2)n1. The predicted octanol–water partition coefficient (Wildman–Crippen LogP) is 4.43. The zero-order valence-corrected chi connectivity index (χ0v) is 22.1. The van der Waals surface area contributed by atoms with Crippen molar-refractivity contribution >= 4 is 12.1 Å². The van der Waals surface area contributed by atoms with Gasteiger partial charge in [-0.3, -0.25) is 0 Å². The number of aliphatic hydroxyl groups is 1. The van der Waals surface area contributed by atoms with Gasteiger partial charge in [0, 0.05) is 25.0 Å². The van der Waals surface area contributed by atoms with Crippen molar-refractivity contribution in [3.05, 3.63) is 89.6 Å². The number of hydrogen-bond acceptors (Lipinski definition) is 8. The second-order valence-corrected chi connectivity index (χ2v) is 9.62. The molecule has 1 heterocycles. The number of nitrogens with zero attached hydrogens (tertiary/aromatic N) is 1. The lowest BCUT2D eigenvalue weighted by Gasteiger charge is -2.26. The first kappa shape index (κ1) is 28.9. The van der Waals surface area contributed by atoms with Crippen LogP contribution in [0.4, 0.5) is 4.79 Å². The first-order chi connectivity index (χ1) is 18.3. The molecule has 0 fully saturated rings. The Morgan fingerprint density at radius 1 is 1.00 bits per heavy atom. The molecule has 0 aliphatic heterocycles. The monoisotopic (exact) mass is 523 g/mol. The highest BCUT2D eigenvalue weighted by Crippen LogP contribution is 2.20. The number of esters is 1. The molecule has 3 atom stereocenters. The van der Waals surface area contributed by atoms with E-state index < -0.39 is 18.2 Å². The fraction of sp³-hybridized carbons (Fsp3) is 0.414. The van der Waals surface area contributed by atoms with E-state index in [9.17, 15) is 14.7 Å². The van der Waals surface area contributed by atoms with Crippen LogP contribution in [0.1, 0.15) is 60.3 Å². The lowest BCUT2D eigenvalue weighted by atomic mass is 9.98. The Hall–Kier alpha value is -3.69. The molecule has 3 rings (SSSR count). The van der Waals surface area contributed by atoms with Gasteiger partial charge in [-0.15, -0.1) is 0 Å². The van der Waals surface area contributed by atoms with Crippen molar-refractivity contribution in [3.63, 3.8) is 0 Å². The van der Waals surface area contributed by atoms with E-state index in [0.29, 0.717) is 31.2 Å². The van der Waals surface area contributed by atoms with Crippen LogP contribution in [-0.2, 0) is 22.5 Å². The number of aliphatic hydroxyl groups excluding tert-OH is 1. The normalized spacial score (nSPS) is 13.5. The number of aromatic nitrogens is 1. The van der Waals surface area contributed by atoms with E-state index in [1.165, 1.54) is 13.4 Å². The molecule has 1 aromatic heterocycles. The minimum atomic E-state index is -0.726. The molecule has 38 heavy (non-hydrogen) atoms. The van der Waals surface area contributed by atoms with Crippen molar-refractivity contribution in [3.8, 4) is 0 Å². The van der Waals surface area contributed by atoms with Crippen molar-refractivity contribution in [1.82, 2.24) is 15.6 Å². The van der Waals surface area contributed by atoms with Gasteiger partial charge < -0.3 is 29.6 Å². The standard InChI is InChI=1S/C29H37N3O6/c1-20(2)14-24(31-29(35)38-18-21-10-6-4-7-11-21)17-30-23(15-26(33)22-12-8-5-9-13-22)16-27-32-25(19-37-27)28(34)36-3/h4-13,19-20,23-24,26,30,33H,14-18H2,1-3H3,(H,31,35). The highest BCUT2D eigenvalue weighted by atomic mass is 16.5. The first-order valence-corrected chi connectivity index (χ1v) is 12.8. The molecule has 3 aromatic rings. The second-order valence-electron chi connectivity index (χ2n) is 9.62. The summed E-state index contributed by atoms with van der Waals surface area (Å²) in [4.78, 5) is 28.5. The van der Waals surface area contributed by atoms with Gasteiger partial charge in [0.25, 0.3) is 0 Å². The summed E-state index contributed by atoms with van der Waals surface area (Å²) in [7, 11) is 1.28. The fourth-order valence-corrected chi connectivity index (χ4v) is 4.14. The van der Waals surface area contributed by atoms with Gasteiger partial charge in [-0.1, -0.05) is 74.5 Å². The van der Waals surface area contributed by atoms with Gasteiger partial charge in [0.15, 0.2) is 11.6 Å². The van der Waals surface area contributed by atoms with Crippen molar-refractivity contribution in [2.45, 2.75) is 57.9 Å². The molecule has 2 aromatic carbocycles. The van der Waals surface area contributed by atoms with E-state index in [1.54, 1.807) is 0 Å². The van der Waals surface area contributed by atoms with Crippen molar-refractivity contribution < 1.29 is 28.6 Å². The largest absolute Gasteiger partial charge is 0.464 e. The van der Waals surface area contributed by atoms with Crippen LogP contribution in [-0.4, -0.2) is 47.9 Å². The Kier molecular flexibility index (Phi) is 11.3. The quantitative estimate of drug-likeness (QED) is 0.265. The molecule has 0 spiro atoms. The molecule has 0 bridgehead atoms. The third-order valence-corrected chi connectivity index (χ3v) is 6.00. The number of nitrogens with one attached hydrogen (secondary N) is 2. The maximum Gasteiger partial charge on any atom is 0.407 e. The molecule has 0 radical (unpaired) electrons. The summed E-state index contributed by atoms with van der Waals surface area (Å²) in [5, 5.41) is 17.3. The Bertz CT molecular complexity index is 1120. The number of methoxy groups -OCH3 is 1. The molecule has 0 saturated heterocycles. The summed E-state index contributed by atoms with van der Waals surface area (Å²) in [5.74, 6) is 0.0989.